The number of hydrogen-bond donors (Lipinski definition) is 2. The number of carbonyl (C=O) groups is 2. The number of rotatable bonds is 8. The maximum absolute atomic E-state index is 14.0. The molecule has 0 saturated carbocycles. The number of carbonyl (C=O) groups excluding carboxylic acids is 2. The lowest BCUT2D eigenvalue weighted by Crippen LogP contribution is -2.46. The van der Waals surface area contributed by atoms with E-state index in [1.54, 1.807) is 12.1 Å². The van der Waals surface area contributed by atoms with Gasteiger partial charge in [0.15, 0.2) is 11.6 Å². The van der Waals surface area contributed by atoms with Crippen LogP contribution in [0.15, 0.2) is 53.1 Å². The van der Waals surface area contributed by atoms with Gasteiger partial charge in [-0.05, 0) is 85.8 Å². The van der Waals surface area contributed by atoms with Crippen LogP contribution in [0.1, 0.15) is 69.1 Å². The van der Waals surface area contributed by atoms with Crippen molar-refractivity contribution < 1.29 is 55.1 Å². The first kappa shape index (κ1) is 34.7. The highest BCUT2D eigenvalue weighted by Crippen LogP contribution is 2.52. The van der Waals surface area contributed by atoms with Crippen molar-refractivity contribution in [3.8, 4) is 5.75 Å². The monoisotopic (exact) mass is 667 g/mol. The zero-order valence-electron chi connectivity index (χ0n) is 25.6. The number of amides is 2. The zero-order chi connectivity index (χ0) is 34.4. The fourth-order valence-electron chi connectivity index (χ4n) is 7.18. The second-order valence-corrected chi connectivity index (χ2v) is 12.2. The largest absolute Gasteiger partial charge is 0.505 e. The highest BCUT2D eigenvalue weighted by atomic mass is 19.4. The number of allylic oxidation sites excluding steroid dienone is 2. The molecule has 0 radical (unpaired) electrons. The third kappa shape index (κ3) is 6.99. The molecule has 1 aliphatic carbocycles. The fraction of sp³-hybridized carbons (Fsp3) is 0.455. The number of phenols is 1. The summed E-state index contributed by atoms with van der Waals surface area (Å²) in [6, 6.07) is 4.72. The summed E-state index contributed by atoms with van der Waals surface area (Å²) >= 11 is 0. The Morgan fingerprint density at radius 3 is 2.21 bits per heavy atom. The van der Waals surface area contributed by atoms with E-state index in [0.29, 0.717) is 53.9 Å². The SMILES string of the molecule is CCC/C(=C\c1ccc(O)c(F)c1)CC[C@H]1OB(O)C[C@H]2C1=C(CC)C[C@H]1C(=O)N(c3cc(C(F)(F)F)cc(C(F)(F)F)c3)C(=O)[C@H]12. The predicted octanol–water partition coefficient (Wildman–Crippen LogP) is 7.94. The van der Waals surface area contributed by atoms with Gasteiger partial charge in [0.1, 0.15) is 0 Å². The average Bonchev–Trinajstić information content (AvgIpc) is 3.25. The Balaban J connectivity index is 1.47. The Morgan fingerprint density at radius 2 is 1.64 bits per heavy atom. The first-order valence-corrected chi connectivity index (χ1v) is 15.4. The second-order valence-electron chi connectivity index (χ2n) is 12.2. The van der Waals surface area contributed by atoms with Crippen LogP contribution in [0, 0.1) is 23.6 Å². The molecular formula is C33H33BF7NO5. The van der Waals surface area contributed by atoms with Crippen molar-refractivity contribution in [1.29, 1.82) is 0 Å². The molecule has 3 aliphatic rings. The summed E-state index contributed by atoms with van der Waals surface area (Å²) in [4.78, 5) is 28.0. The number of hydrogen-bond acceptors (Lipinski definition) is 5. The third-order valence-corrected chi connectivity index (χ3v) is 9.21. The van der Waals surface area contributed by atoms with Crippen LogP contribution in [0.3, 0.4) is 0 Å². The molecule has 0 aromatic heterocycles. The number of anilines is 1. The number of benzene rings is 2. The molecular weight excluding hydrogens is 634 g/mol. The van der Waals surface area contributed by atoms with Crippen LogP contribution in [-0.2, 0) is 26.6 Å². The number of nitrogens with zero attached hydrogens (tertiary/aromatic N) is 1. The minimum Gasteiger partial charge on any atom is -0.505 e. The molecule has 4 atom stereocenters. The highest BCUT2D eigenvalue weighted by Gasteiger charge is 2.57. The molecule has 0 bridgehead atoms. The number of fused-ring (bicyclic) bond motifs is 3. The van der Waals surface area contributed by atoms with Gasteiger partial charge in [-0.2, -0.15) is 26.3 Å². The lowest BCUT2D eigenvalue weighted by Gasteiger charge is -2.43. The highest BCUT2D eigenvalue weighted by molar-refractivity contribution is 6.43. The van der Waals surface area contributed by atoms with Crippen LogP contribution < -0.4 is 4.90 Å². The van der Waals surface area contributed by atoms with E-state index in [9.17, 15) is 50.5 Å². The van der Waals surface area contributed by atoms with Crippen LogP contribution in [0.2, 0.25) is 6.32 Å². The Morgan fingerprint density at radius 1 is 0.979 bits per heavy atom. The topological polar surface area (TPSA) is 87.1 Å². The van der Waals surface area contributed by atoms with E-state index in [4.69, 9.17) is 4.65 Å². The van der Waals surface area contributed by atoms with E-state index in [1.165, 1.54) is 12.1 Å². The van der Waals surface area contributed by atoms with Crippen LogP contribution >= 0.6 is 0 Å². The minimum atomic E-state index is -5.17. The normalized spacial score (nSPS) is 23.8. The summed E-state index contributed by atoms with van der Waals surface area (Å²) in [5.74, 6) is -5.91. The summed E-state index contributed by atoms with van der Waals surface area (Å²) < 4.78 is 102. The van der Waals surface area contributed by atoms with E-state index in [0.717, 1.165) is 17.6 Å². The van der Waals surface area contributed by atoms with Crippen molar-refractivity contribution in [3.63, 3.8) is 0 Å². The fourth-order valence-corrected chi connectivity index (χ4v) is 7.18. The molecule has 2 saturated heterocycles. The Labute approximate surface area is 267 Å². The van der Waals surface area contributed by atoms with Gasteiger partial charge in [-0.1, -0.05) is 43.6 Å². The third-order valence-electron chi connectivity index (χ3n) is 9.21. The lowest BCUT2D eigenvalue weighted by molar-refractivity contribution is -0.143. The summed E-state index contributed by atoms with van der Waals surface area (Å²) in [5, 5.41) is 20.3. The van der Waals surface area contributed by atoms with Gasteiger partial charge in [0, 0.05) is 0 Å². The van der Waals surface area contributed by atoms with Gasteiger partial charge in [-0.3, -0.25) is 9.59 Å². The molecule has 2 heterocycles. The first-order valence-electron chi connectivity index (χ1n) is 15.4. The number of phenolic OH excluding ortho intramolecular Hbond substituents is 1. The van der Waals surface area contributed by atoms with Crippen LogP contribution in [0.25, 0.3) is 6.08 Å². The second kappa shape index (κ2) is 13.1. The lowest BCUT2D eigenvalue weighted by atomic mass is 9.58. The van der Waals surface area contributed by atoms with Crippen LogP contribution in [0.5, 0.6) is 5.75 Å². The maximum Gasteiger partial charge on any atom is 0.455 e. The molecule has 2 aromatic rings. The van der Waals surface area contributed by atoms with Crippen molar-refractivity contribution >= 4 is 30.7 Å². The number of imide groups is 1. The number of halogens is 7. The molecule has 2 N–H and O–H groups in total. The molecule has 14 heteroatoms. The van der Waals surface area contributed by atoms with E-state index in [1.807, 2.05) is 13.8 Å². The minimum absolute atomic E-state index is 0.0603. The van der Waals surface area contributed by atoms with E-state index >= 15 is 0 Å². The van der Waals surface area contributed by atoms with Crippen LogP contribution in [0.4, 0.5) is 36.4 Å². The van der Waals surface area contributed by atoms with Gasteiger partial charge < -0.3 is 14.8 Å². The summed E-state index contributed by atoms with van der Waals surface area (Å²) in [5.41, 5.74) is -1.10. The molecule has 252 valence electrons. The first-order chi connectivity index (χ1) is 22.0. The van der Waals surface area contributed by atoms with Crippen molar-refractivity contribution in [2.24, 2.45) is 17.8 Å². The Hall–Kier alpha value is -3.65. The van der Waals surface area contributed by atoms with Gasteiger partial charge >= 0.3 is 19.5 Å². The van der Waals surface area contributed by atoms with Crippen LogP contribution in [-0.4, -0.2) is 35.2 Å². The van der Waals surface area contributed by atoms with Gasteiger partial charge in [0.25, 0.3) is 0 Å². The van der Waals surface area contributed by atoms with Crippen molar-refractivity contribution in [1.82, 2.24) is 0 Å². The molecule has 47 heavy (non-hydrogen) atoms. The van der Waals surface area contributed by atoms with Gasteiger partial charge in [-0.15, -0.1) is 0 Å². The molecule has 0 spiro atoms. The summed E-state index contributed by atoms with van der Waals surface area (Å²) in [7, 11) is -1.34. The quantitative estimate of drug-likeness (QED) is 0.129. The van der Waals surface area contributed by atoms with Gasteiger partial charge in [0.2, 0.25) is 11.8 Å². The molecule has 5 rings (SSSR count). The smallest absolute Gasteiger partial charge is 0.455 e. The Bertz CT molecular complexity index is 1590. The van der Waals surface area contributed by atoms with E-state index in [2.05, 4.69) is 0 Å². The van der Waals surface area contributed by atoms with E-state index < -0.39 is 83.5 Å². The summed E-state index contributed by atoms with van der Waals surface area (Å²) in [6.45, 7) is 3.81. The number of alkyl halides is 6. The van der Waals surface area contributed by atoms with Crippen molar-refractivity contribution in [3.05, 3.63) is 75.6 Å². The summed E-state index contributed by atoms with van der Waals surface area (Å²) in [6.07, 6.45) is -6.55. The van der Waals surface area contributed by atoms with Gasteiger partial charge in [0.05, 0.1) is 34.8 Å². The molecule has 0 unspecified atom stereocenters. The number of aromatic hydroxyl groups is 1. The average molecular weight is 667 g/mol. The van der Waals surface area contributed by atoms with Crippen molar-refractivity contribution in [2.45, 2.75) is 77.1 Å². The zero-order valence-corrected chi connectivity index (χ0v) is 25.6. The maximum atomic E-state index is 14.0. The van der Waals surface area contributed by atoms with Gasteiger partial charge in [-0.25, -0.2) is 9.29 Å². The predicted molar refractivity (Wildman–Crippen MR) is 159 cm³/mol. The molecule has 6 nitrogen and oxygen atoms in total. The molecule has 2 aliphatic heterocycles. The Kier molecular flexibility index (Phi) is 9.67. The van der Waals surface area contributed by atoms with E-state index in [-0.39, 0.29) is 18.8 Å². The molecule has 2 aromatic carbocycles. The molecule has 2 amide bonds. The molecule has 2 fully saturated rings. The standard InChI is InChI=1S/C33H33BF7NO5/c1-3-5-17(10-18-6-8-26(43)25(35)11-18)7-9-27-28-19(4-2)12-23-29(24(28)16-34(46)47-27)31(45)42(30(23)44)22-14-20(32(36,37)38)13-21(15-22)33(39,40)41/h6,8,10-11,13-15,23-24,27,29,43,46H,3-5,7,9,12,16H2,1-2H3/b17-10+/t23-,24+,27-,29-/m1/s1. The van der Waals surface area contributed by atoms with Crippen molar-refractivity contribution in [2.75, 3.05) is 4.90 Å².